The maximum Gasteiger partial charge on any atom is 0.333 e. The molecule has 150 valence electrons. The topological polar surface area (TPSA) is 119 Å². The van der Waals surface area contributed by atoms with Crippen LogP contribution in [-0.4, -0.2) is 35.4 Å². The second kappa shape index (κ2) is 8.53. The van der Waals surface area contributed by atoms with Gasteiger partial charge >= 0.3 is 5.97 Å². The lowest BCUT2D eigenvalue weighted by Gasteiger charge is -2.20. The van der Waals surface area contributed by atoms with Crippen LogP contribution in [0.15, 0.2) is 30.3 Å². The average Bonchev–Trinajstić information content (AvgIpc) is 3.10. The second-order valence-electron chi connectivity index (χ2n) is 6.93. The van der Waals surface area contributed by atoms with Crippen molar-refractivity contribution in [2.75, 3.05) is 7.11 Å². The van der Waals surface area contributed by atoms with E-state index in [0.29, 0.717) is 10.4 Å². The molecular formula is C20H24N2O5S. The lowest BCUT2D eigenvalue weighted by molar-refractivity contribution is -0.144. The summed E-state index contributed by atoms with van der Waals surface area (Å²) in [5.41, 5.74) is 5.47. The first-order chi connectivity index (χ1) is 13.1. The number of esters is 1. The molecule has 1 unspecified atom stereocenters. The fraction of sp³-hybridized carbons (Fsp3) is 0.350. The molecular weight excluding hydrogens is 380 g/mol. The highest BCUT2D eigenvalue weighted by atomic mass is 32.1. The maximum absolute atomic E-state index is 12.9. The van der Waals surface area contributed by atoms with Crippen LogP contribution in [-0.2, 0) is 16.1 Å². The van der Waals surface area contributed by atoms with Gasteiger partial charge in [0.2, 0.25) is 5.78 Å². The summed E-state index contributed by atoms with van der Waals surface area (Å²) in [6.07, 6.45) is 0. The Balaban J connectivity index is 2.27. The Hall–Kier alpha value is -2.71. The van der Waals surface area contributed by atoms with Gasteiger partial charge in [-0.05, 0) is 42.2 Å². The van der Waals surface area contributed by atoms with Crippen LogP contribution in [0.5, 0.6) is 5.75 Å². The predicted molar refractivity (Wildman–Crippen MR) is 107 cm³/mol. The van der Waals surface area contributed by atoms with Crippen LogP contribution in [0.1, 0.15) is 57.2 Å². The Morgan fingerprint density at radius 1 is 1.29 bits per heavy atom. The minimum Gasteiger partial charge on any atom is -0.508 e. The summed E-state index contributed by atoms with van der Waals surface area (Å²) < 4.78 is 4.63. The van der Waals surface area contributed by atoms with Crippen LogP contribution < -0.4 is 11.1 Å². The summed E-state index contributed by atoms with van der Waals surface area (Å²) in [6, 6.07) is 8.21. The van der Waals surface area contributed by atoms with Crippen molar-refractivity contribution in [1.29, 1.82) is 0 Å². The number of rotatable bonds is 7. The number of phenolic OH excluding ortho intramolecular Hbond substituents is 1. The zero-order valence-corrected chi connectivity index (χ0v) is 17.1. The SMILES string of the molecule is COC(=O)C(C)(N)C(=O)c1sc(C(=O)NCc2cccc(O)c2)cc1C(C)C. The molecule has 0 aliphatic heterocycles. The van der Waals surface area contributed by atoms with E-state index in [-0.39, 0.29) is 29.0 Å². The number of benzene rings is 1. The number of carbonyl (C=O) groups excluding carboxylic acids is 3. The van der Waals surface area contributed by atoms with Gasteiger partial charge in [-0.15, -0.1) is 11.3 Å². The quantitative estimate of drug-likeness (QED) is 0.371. The summed E-state index contributed by atoms with van der Waals surface area (Å²) >= 11 is 0.998. The highest BCUT2D eigenvalue weighted by molar-refractivity contribution is 7.16. The number of nitrogens with one attached hydrogen (secondary N) is 1. The molecule has 28 heavy (non-hydrogen) atoms. The van der Waals surface area contributed by atoms with Gasteiger partial charge in [0.25, 0.3) is 5.91 Å². The van der Waals surface area contributed by atoms with Crippen LogP contribution in [0.25, 0.3) is 0 Å². The molecule has 0 bridgehead atoms. The van der Waals surface area contributed by atoms with Gasteiger partial charge in [0.15, 0.2) is 5.54 Å². The first kappa shape index (κ1) is 21.6. The number of methoxy groups -OCH3 is 1. The fourth-order valence-electron chi connectivity index (χ4n) is 2.60. The molecule has 8 heteroatoms. The third-order valence-electron chi connectivity index (χ3n) is 4.26. The van der Waals surface area contributed by atoms with Crippen LogP contribution in [0, 0.1) is 0 Å². The number of phenols is 1. The molecule has 1 aromatic heterocycles. The lowest BCUT2D eigenvalue weighted by Crippen LogP contribution is -2.52. The zero-order valence-electron chi connectivity index (χ0n) is 16.2. The molecule has 0 radical (unpaired) electrons. The molecule has 0 spiro atoms. The molecule has 2 rings (SSSR count). The predicted octanol–water partition coefficient (Wildman–Crippen LogP) is 2.58. The van der Waals surface area contributed by atoms with E-state index in [2.05, 4.69) is 10.1 Å². The molecule has 0 aliphatic rings. The number of hydrogen-bond donors (Lipinski definition) is 3. The number of thiophene rings is 1. The molecule has 2 aromatic rings. The van der Waals surface area contributed by atoms with Crippen LogP contribution in [0.4, 0.5) is 0 Å². The van der Waals surface area contributed by atoms with Gasteiger partial charge in [-0.2, -0.15) is 0 Å². The van der Waals surface area contributed by atoms with E-state index < -0.39 is 17.3 Å². The Kier molecular flexibility index (Phi) is 6.58. The minimum atomic E-state index is -1.83. The summed E-state index contributed by atoms with van der Waals surface area (Å²) in [5.74, 6) is -1.71. The molecule has 0 fully saturated rings. The van der Waals surface area contributed by atoms with Crippen molar-refractivity contribution in [3.8, 4) is 5.75 Å². The number of aromatic hydroxyl groups is 1. The Morgan fingerprint density at radius 3 is 2.54 bits per heavy atom. The molecule has 4 N–H and O–H groups in total. The standard InChI is InChI=1S/C20H24N2O5S/c1-11(2)14-9-15(18(25)22-10-12-6-5-7-13(23)8-12)28-16(14)17(24)20(3,21)19(26)27-4/h5-9,11,23H,10,21H2,1-4H3,(H,22,25). The number of ether oxygens (including phenoxy) is 1. The van der Waals surface area contributed by atoms with Crippen molar-refractivity contribution in [3.05, 3.63) is 51.2 Å². The molecule has 1 heterocycles. The fourth-order valence-corrected chi connectivity index (χ4v) is 3.89. The van der Waals surface area contributed by atoms with E-state index >= 15 is 0 Å². The molecule has 0 aliphatic carbocycles. The van der Waals surface area contributed by atoms with Crippen LogP contribution in [0.3, 0.4) is 0 Å². The van der Waals surface area contributed by atoms with Gasteiger partial charge in [-0.3, -0.25) is 9.59 Å². The van der Waals surface area contributed by atoms with Gasteiger partial charge < -0.3 is 20.9 Å². The summed E-state index contributed by atoms with van der Waals surface area (Å²) in [4.78, 5) is 37.9. The maximum atomic E-state index is 12.9. The third-order valence-corrected chi connectivity index (χ3v) is 5.41. The summed E-state index contributed by atoms with van der Waals surface area (Å²) in [7, 11) is 1.17. The van der Waals surface area contributed by atoms with Crippen molar-refractivity contribution in [3.63, 3.8) is 0 Å². The summed E-state index contributed by atoms with van der Waals surface area (Å²) in [6.45, 7) is 5.30. The van der Waals surface area contributed by atoms with Gasteiger partial charge in [-0.25, -0.2) is 4.79 Å². The van der Waals surface area contributed by atoms with Crippen molar-refractivity contribution in [1.82, 2.24) is 5.32 Å². The van der Waals surface area contributed by atoms with E-state index in [0.717, 1.165) is 16.9 Å². The zero-order chi connectivity index (χ0) is 21.1. The molecule has 1 aromatic carbocycles. The van der Waals surface area contributed by atoms with Gasteiger partial charge in [0.05, 0.1) is 16.9 Å². The monoisotopic (exact) mass is 404 g/mol. The number of ketones is 1. The first-order valence-electron chi connectivity index (χ1n) is 8.69. The highest BCUT2D eigenvalue weighted by Gasteiger charge is 2.41. The highest BCUT2D eigenvalue weighted by Crippen LogP contribution is 2.31. The van der Waals surface area contributed by atoms with Crippen LogP contribution in [0.2, 0.25) is 0 Å². The Labute approximate surface area is 167 Å². The largest absolute Gasteiger partial charge is 0.508 e. The summed E-state index contributed by atoms with van der Waals surface area (Å²) in [5, 5.41) is 12.3. The van der Waals surface area contributed by atoms with Gasteiger partial charge in [0, 0.05) is 6.54 Å². The Morgan fingerprint density at radius 2 is 1.96 bits per heavy atom. The van der Waals surface area contributed by atoms with E-state index in [1.165, 1.54) is 14.0 Å². The average molecular weight is 404 g/mol. The molecule has 7 nitrogen and oxygen atoms in total. The number of nitrogens with two attached hydrogens (primary N) is 1. The van der Waals surface area contributed by atoms with Crippen molar-refractivity contribution >= 4 is 29.0 Å². The normalized spacial score (nSPS) is 13.1. The van der Waals surface area contributed by atoms with Gasteiger partial charge in [-0.1, -0.05) is 26.0 Å². The third kappa shape index (κ3) is 4.58. The van der Waals surface area contributed by atoms with Crippen molar-refractivity contribution < 1.29 is 24.2 Å². The smallest absolute Gasteiger partial charge is 0.333 e. The second-order valence-corrected chi connectivity index (χ2v) is 7.98. The minimum absolute atomic E-state index is 0.0451. The number of carbonyl (C=O) groups is 3. The molecule has 0 saturated heterocycles. The number of hydrogen-bond acceptors (Lipinski definition) is 7. The molecule has 0 saturated carbocycles. The van der Waals surface area contributed by atoms with E-state index in [9.17, 15) is 19.5 Å². The Bertz CT molecular complexity index is 902. The van der Waals surface area contributed by atoms with E-state index in [1.807, 2.05) is 13.8 Å². The first-order valence-corrected chi connectivity index (χ1v) is 9.51. The van der Waals surface area contributed by atoms with E-state index in [4.69, 9.17) is 5.73 Å². The number of Topliss-reactive ketones (excluding diaryl/α,β-unsaturated/α-hetero) is 1. The molecule has 1 atom stereocenters. The van der Waals surface area contributed by atoms with Crippen molar-refractivity contribution in [2.24, 2.45) is 5.73 Å². The van der Waals surface area contributed by atoms with Crippen molar-refractivity contribution in [2.45, 2.75) is 38.8 Å². The lowest BCUT2D eigenvalue weighted by atomic mass is 9.92. The number of amides is 1. The van der Waals surface area contributed by atoms with E-state index in [1.54, 1.807) is 30.3 Å². The molecule has 1 amide bonds. The van der Waals surface area contributed by atoms with Gasteiger partial charge in [0.1, 0.15) is 5.75 Å². The van der Waals surface area contributed by atoms with Crippen LogP contribution >= 0.6 is 11.3 Å².